The van der Waals surface area contributed by atoms with Gasteiger partial charge in [0, 0.05) is 12.2 Å². The summed E-state index contributed by atoms with van der Waals surface area (Å²) in [5.74, 6) is -0.235. The number of hydrogen-bond acceptors (Lipinski definition) is 3. The van der Waals surface area contributed by atoms with Gasteiger partial charge in [-0.1, -0.05) is 0 Å². The molecule has 0 spiro atoms. The van der Waals surface area contributed by atoms with Crippen LogP contribution in [0, 0.1) is 0 Å². The number of pyridine rings is 1. The number of hydrogen-bond donors (Lipinski definition) is 1. The van der Waals surface area contributed by atoms with Gasteiger partial charge >= 0.3 is 5.97 Å². The summed E-state index contributed by atoms with van der Waals surface area (Å²) in [5, 5.41) is 8.84. The first-order valence-electron chi connectivity index (χ1n) is 5.29. The monoisotopic (exact) mass is 217 g/mol. The molecule has 0 unspecified atom stereocenters. The molecule has 2 heterocycles. The highest BCUT2D eigenvalue weighted by molar-refractivity contribution is 5.75. The summed E-state index contributed by atoms with van der Waals surface area (Å²) in [6, 6.07) is 4.08. The standard InChI is InChI=1S/C11H11N3O2/c15-10(16)6-9-13-8-2-1-5-12-11(8)14(9)7-3-4-7/h1-2,5,7H,3-4,6H2,(H,15,16). The average Bonchev–Trinajstić information content (AvgIpc) is 3.00. The van der Waals surface area contributed by atoms with Crippen molar-refractivity contribution in [2.75, 3.05) is 0 Å². The zero-order valence-electron chi connectivity index (χ0n) is 8.63. The van der Waals surface area contributed by atoms with Gasteiger partial charge in [-0.2, -0.15) is 0 Å². The lowest BCUT2D eigenvalue weighted by atomic mass is 10.4. The highest BCUT2D eigenvalue weighted by Gasteiger charge is 2.29. The van der Waals surface area contributed by atoms with E-state index in [1.165, 1.54) is 0 Å². The second kappa shape index (κ2) is 3.30. The molecule has 16 heavy (non-hydrogen) atoms. The lowest BCUT2D eigenvalue weighted by Gasteiger charge is -2.04. The summed E-state index contributed by atoms with van der Waals surface area (Å²) in [5.41, 5.74) is 1.59. The van der Waals surface area contributed by atoms with E-state index in [1.54, 1.807) is 6.20 Å². The Morgan fingerprint density at radius 1 is 1.56 bits per heavy atom. The third-order valence-electron chi connectivity index (χ3n) is 2.74. The van der Waals surface area contributed by atoms with Gasteiger partial charge in [-0.25, -0.2) is 9.97 Å². The Kier molecular flexibility index (Phi) is 1.92. The summed E-state index contributed by atoms with van der Waals surface area (Å²) in [6.07, 6.45) is 3.86. The molecule has 5 nitrogen and oxygen atoms in total. The summed E-state index contributed by atoms with van der Waals surface area (Å²) in [4.78, 5) is 19.4. The van der Waals surface area contributed by atoms with E-state index in [1.807, 2.05) is 16.7 Å². The minimum atomic E-state index is -0.850. The van der Waals surface area contributed by atoms with Crippen LogP contribution in [0.4, 0.5) is 0 Å². The van der Waals surface area contributed by atoms with Crippen LogP contribution in [0.2, 0.25) is 0 Å². The lowest BCUT2D eigenvalue weighted by molar-refractivity contribution is -0.136. The van der Waals surface area contributed by atoms with Gasteiger partial charge in [0.2, 0.25) is 0 Å². The van der Waals surface area contributed by atoms with E-state index in [-0.39, 0.29) is 6.42 Å². The van der Waals surface area contributed by atoms with Crippen LogP contribution < -0.4 is 0 Å². The van der Waals surface area contributed by atoms with Crippen molar-refractivity contribution in [2.24, 2.45) is 0 Å². The van der Waals surface area contributed by atoms with Crippen molar-refractivity contribution < 1.29 is 9.90 Å². The Bertz CT molecular complexity index is 557. The molecule has 0 amide bonds. The molecular weight excluding hydrogens is 206 g/mol. The number of aliphatic carboxylic acids is 1. The Labute approximate surface area is 91.7 Å². The second-order valence-electron chi connectivity index (χ2n) is 4.05. The Morgan fingerprint density at radius 3 is 3.06 bits per heavy atom. The predicted octanol–water partition coefficient (Wildman–Crippen LogP) is 1.39. The maximum Gasteiger partial charge on any atom is 0.311 e. The SMILES string of the molecule is O=C(O)Cc1nc2cccnc2n1C1CC1. The molecule has 1 aliphatic carbocycles. The maximum absolute atomic E-state index is 10.8. The van der Waals surface area contributed by atoms with Gasteiger partial charge in [0.05, 0.1) is 0 Å². The van der Waals surface area contributed by atoms with Crippen molar-refractivity contribution in [2.45, 2.75) is 25.3 Å². The van der Waals surface area contributed by atoms with Gasteiger partial charge in [0.25, 0.3) is 0 Å². The molecule has 2 aromatic rings. The number of aromatic nitrogens is 3. The molecule has 0 atom stereocenters. The van der Waals surface area contributed by atoms with Crippen LogP contribution >= 0.6 is 0 Å². The first kappa shape index (κ1) is 9.33. The molecule has 1 fully saturated rings. The highest BCUT2D eigenvalue weighted by atomic mass is 16.4. The summed E-state index contributed by atoms with van der Waals surface area (Å²) in [6.45, 7) is 0. The van der Waals surface area contributed by atoms with Gasteiger partial charge < -0.3 is 9.67 Å². The Hall–Kier alpha value is -1.91. The number of carboxylic acids is 1. The second-order valence-corrected chi connectivity index (χ2v) is 4.05. The molecule has 1 aliphatic rings. The van der Waals surface area contributed by atoms with Crippen LogP contribution in [0.5, 0.6) is 0 Å². The number of nitrogens with zero attached hydrogens (tertiary/aromatic N) is 3. The zero-order valence-corrected chi connectivity index (χ0v) is 8.63. The quantitative estimate of drug-likeness (QED) is 0.843. The van der Waals surface area contributed by atoms with E-state index >= 15 is 0 Å². The van der Waals surface area contributed by atoms with Gasteiger partial charge in [0.15, 0.2) is 5.65 Å². The molecule has 0 aromatic carbocycles. The number of imidazole rings is 1. The minimum Gasteiger partial charge on any atom is -0.481 e. The fraction of sp³-hybridized carbons (Fsp3) is 0.364. The zero-order chi connectivity index (χ0) is 11.1. The first-order valence-corrected chi connectivity index (χ1v) is 5.29. The van der Waals surface area contributed by atoms with Crippen LogP contribution in [-0.2, 0) is 11.2 Å². The van der Waals surface area contributed by atoms with Gasteiger partial charge in [-0.05, 0) is 25.0 Å². The van der Waals surface area contributed by atoms with E-state index in [9.17, 15) is 4.79 Å². The van der Waals surface area contributed by atoms with Crippen molar-refractivity contribution in [1.82, 2.24) is 14.5 Å². The lowest BCUT2D eigenvalue weighted by Crippen LogP contribution is -2.08. The van der Waals surface area contributed by atoms with Crippen LogP contribution in [0.1, 0.15) is 24.7 Å². The number of fused-ring (bicyclic) bond motifs is 1. The smallest absolute Gasteiger partial charge is 0.311 e. The summed E-state index contributed by atoms with van der Waals surface area (Å²) < 4.78 is 1.98. The molecule has 5 heteroatoms. The van der Waals surface area contributed by atoms with E-state index in [2.05, 4.69) is 9.97 Å². The Morgan fingerprint density at radius 2 is 2.38 bits per heavy atom. The fourth-order valence-corrected chi connectivity index (χ4v) is 1.95. The highest BCUT2D eigenvalue weighted by Crippen LogP contribution is 2.38. The van der Waals surface area contributed by atoms with E-state index in [4.69, 9.17) is 5.11 Å². The third kappa shape index (κ3) is 1.44. The van der Waals surface area contributed by atoms with Gasteiger partial charge in [-0.3, -0.25) is 4.79 Å². The first-order chi connectivity index (χ1) is 7.75. The molecule has 3 rings (SSSR count). The summed E-state index contributed by atoms with van der Waals surface area (Å²) >= 11 is 0. The van der Waals surface area contributed by atoms with E-state index in [0.29, 0.717) is 11.9 Å². The molecule has 82 valence electrons. The van der Waals surface area contributed by atoms with Crippen molar-refractivity contribution in [3.05, 3.63) is 24.2 Å². The minimum absolute atomic E-state index is 0.0349. The number of rotatable bonds is 3. The third-order valence-corrected chi connectivity index (χ3v) is 2.74. The largest absolute Gasteiger partial charge is 0.481 e. The maximum atomic E-state index is 10.8. The fourth-order valence-electron chi connectivity index (χ4n) is 1.95. The molecule has 0 aliphatic heterocycles. The van der Waals surface area contributed by atoms with Crippen molar-refractivity contribution in [3.63, 3.8) is 0 Å². The molecular formula is C11H11N3O2. The predicted molar refractivity (Wildman–Crippen MR) is 57.1 cm³/mol. The van der Waals surface area contributed by atoms with Crippen molar-refractivity contribution in [3.8, 4) is 0 Å². The van der Waals surface area contributed by atoms with Crippen LogP contribution in [0.3, 0.4) is 0 Å². The molecule has 1 saturated carbocycles. The number of carbonyl (C=O) groups is 1. The molecule has 2 aromatic heterocycles. The van der Waals surface area contributed by atoms with Crippen LogP contribution in [0.25, 0.3) is 11.2 Å². The molecule has 0 saturated heterocycles. The van der Waals surface area contributed by atoms with Gasteiger partial charge in [-0.15, -0.1) is 0 Å². The number of carboxylic acid groups (broad SMARTS) is 1. The van der Waals surface area contributed by atoms with E-state index in [0.717, 1.165) is 24.0 Å². The average molecular weight is 217 g/mol. The van der Waals surface area contributed by atoms with Crippen molar-refractivity contribution in [1.29, 1.82) is 0 Å². The molecule has 1 N–H and O–H groups in total. The van der Waals surface area contributed by atoms with Gasteiger partial charge in [0.1, 0.15) is 17.8 Å². The van der Waals surface area contributed by atoms with Crippen molar-refractivity contribution >= 4 is 17.1 Å². The molecule has 0 radical (unpaired) electrons. The Balaban J connectivity index is 2.18. The normalized spacial score (nSPS) is 15.5. The summed E-state index contributed by atoms with van der Waals surface area (Å²) in [7, 11) is 0. The molecule has 0 bridgehead atoms. The topological polar surface area (TPSA) is 68.0 Å². The van der Waals surface area contributed by atoms with Crippen LogP contribution in [0.15, 0.2) is 18.3 Å². The van der Waals surface area contributed by atoms with E-state index < -0.39 is 5.97 Å². The van der Waals surface area contributed by atoms with Crippen LogP contribution in [-0.4, -0.2) is 25.6 Å².